The van der Waals surface area contributed by atoms with E-state index >= 15 is 0 Å². The van der Waals surface area contributed by atoms with Crippen LogP contribution in [0.3, 0.4) is 0 Å². The summed E-state index contributed by atoms with van der Waals surface area (Å²) in [7, 11) is 0. The molecule has 5 atom stereocenters. The molecular formula is C20H30O2. The molecule has 2 heteroatoms. The molecule has 0 aromatic heterocycles. The van der Waals surface area contributed by atoms with Gasteiger partial charge in [-0.3, -0.25) is 4.79 Å². The summed E-state index contributed by atoms with van der Waals surface area (Å²) in [6.07, 6.45) is 12.0. The maximum Gasteiger partial charge on any atom is 0.309 e. The van der Waals surface area contributed by atoms with E-state index in [9.17, 15) is 9.90 Å². The van der Waals surface area contributed by atoms with Crippen LogP contribution in [0.2, 0.25) is 0 Å². The van der Waals surface area contributed by atoms with Crippen molar-refractivity contribution in [2.45, 2.75) is 65.7 Å². The summed E-state index contributed by atoms with van der Waals surface area (Å²) < 4.78 is 0. The van der Waals surface area contributed by atoms with E-state index < -0.39 is 11.4 Å². The lowest BCUT2D eigenvalue weighted by Gasteiger charge is -2.58. The molecule has 3 rings (SSSR count). The zero-order valence-corrected chi connectivity index (χ0v) is 14.3. The van der Waals surface area contributed by atoms with Crippen LogP contribution < -0.4 is 0 Å². The van der Waals surface area contributed by atoms with Gasteiger partial charge in [0.1, 0.15) is 0 Å². The number of hydrogen-bond acceptors (Lipinski definition) is 1. The third-order valence-electron chi connectivity index (χ3n) is 7.43. The maximum atomic E-state index is 11.9. The normalized spacial score (nSPS) is 47.9. The van der Waals surface area contributed by atoms with E-state index in [-0.39, 0.29) is 16.7 Å². The van der Waals surface area contributed by atoms with Gasteiger partial charge in [-0.05, 0) is 68.1 Å². The third kappa shape index (κ3) is 2.10. The lowest BCUT2D eigenvalue weighted by atomic mass is 9.45. The van der Waals surface area contributed by atoms with Gasteiger partial charge < -0.3 is 5.11 Å². The molecular weight excluding hydrogens is 272 g/mol. The highest BCUT2D eigenvalue weighted by atomic mass is 16.4. The molecule has 1 N–H and O–H groups in total. The summed E-state index contributed by atoms with van der Waals surface area (Å²) >= 11 is 0. The van der Waals surface area contributed by atoms with E-state index in [1.807, 2.05) is 6.92 Å². The Kier molecular flexibility index (Phi) is 3.58. The fraction of sp³-hybridized carbons (Fsp3) is 0.750. The predicted octanol–water partition coefficient (Wildman–Crippen LogP) is 5.21. The van der Waals surface area contributed by atoms with E-state index in [1.165, 1.54) is 19.3 Å². The van der Waals surface area contributed by atoms with Crippen molar-refractivity contribution in [2.75, 3.05) is 0 Å². The Balaban J connectivity index is 1.98. The van der Waals surface area contributed by atoms with Crippen LogP contribution in [0.4, 0.5) is 0 Å². The summed E-state index contributed by atoms with van der Waals surface area (Å²) in [4.78, 5) is 11.9. The molecule has 0 radical (unpaired) electrons. The van der Waals surface area contributed by atoms with E-state index in [4.69, 9.17) is 0 Å². The van der Waals surface area contributed by atoms with Crippen molar-refractivity contribution in [2.24, 2.45) is 28.1 Å². The van der Waals surface area contributed by atoms with Crippen molar-refractivity contribution in [1.82, 2.24) is 0 Å². The fourth-order valence-corrected chi connectivity index (χ4v) is 5.86. The smallest absolute Gasteiger partial charge is 0.309 e. The van der Waals surface area contributed by atoms with Crippen LogP contribution in [0.25, 0.3) is 0 Å². The standard InChI is InChI=1S/C20H30O2/c1-5-18(2)12-9-15-14(13-18)7-8-16-19(15,3)10-6-11-20(16,4)17(21)22/h5,7,15-16H,1,6,8-13H2,2-4H3,(H,21,22)/t15?,16?,18-,19?,20+/m0/s1. The van der Waals surface area contributed by atoms with Crippen molar-refractivity contribution in [3.63, 3.8) is 0 Å². The molecule has 0 saturated heterocycles. The van der Waals surface area contributed by atoms with Gasteiger partial charge in [0.15, 0.2) is 0 Å². The SMILES string of the molecule is C=C[C@@]1(C)CCC2C(=CCC3C2(C)CCC[C@@]3(C)C(=O)O)C1. The Morgan fingerprint density at radius 2 is 2.05 bits per heavy atom. The number of fused-ring (bicyclic) bond motifs is 3. The Morgan fingerprint density at radius 3 is 2.68 bits per heavy atom. The van der Waals surface area contributed by atoms with Crippen LogP contribution in [0, 0.1) is 28.1 Å². The predicted molar refractivity (Wildman–Crippen MR) is 89.5 cm³/mol. The molecule has 0 spiro atoms. The highest BCUT2D eigenvalue weighted by Crippen LogP contribution is 2.63. The van der Waals surface area contributed by atoms with Crippen molar-refractivity contribution in [1.29, 1.82) is 0 Å². The van der Waals surface area contributed by atoms with Crippen LogP contribution in [0.1, 0.15) is 65.7 Å². The van der Waals surface area contributed by atoms with Gasteiger partial charge in [-0.25, -0.2) is 0 Å². The van der Waals surface area contributed by atoms with Crippen LogP contribution in [0.15, 0.2) is 24.3 Å². The number of rotatable bonds is 2. The third-order valence-corrected chi connectivity index (χ3v) is 7.43. The number of allylic oxidation sites excluding steroid dienone is 3. The van der Waals surface area contributed by atoms with Gasteiger partial charge in [-0.1, -0.05) is 38.0 Å². The average molecular weight is 302 g/mol. The quantitative estimate of drug-likeness (QED) is 0.711. The molecule has 122 valence electrons. The average Bonchev–Trinajstić information content (AvgIpc) is 2.46. The van der Waals surface area contributed by atoms with Crippen LogP contribution in [0.5, 0.6) is 0 Å². The van der Waals surface area contributed by atoms with E-state index in [0.717, 1.165) is 25.7 Å². The first-order valence-electron chi connectivity index (χ1n) is 8.81. The number of hydrogen-bond donors (Lipinski definition) is 1. The Morgan fingerprint density at radius 1 is 1.32 bits per heavy atom. The molecule has 22 heavy (non-hydrogen) atoms. The molecule has 2 nitrogen and oxygen atoms in total. The second-order valence-corrected chi connectivity index (χ2v) is 8.78. The van der Waals surface area contributed by atoms with Gasteiger partial charge in [0.05, 0.1) is 5.41 Å². The van der Waals surface area contributed by atoms with Crippen LogP contribution in [-0.4, -0.2) is 11.1 Å². The minimum atomic E-state index is -0.591. The Hall–Kier alpha value is -1.05. The largest absolute Gasteiger partial charge is 0.481 e. The van der Waals surface area contributed by atoms with Gasteiger partial charge in [0.2, 0.25) is 0 Å². The second kappa shape index (κ2) is 4.97. The highest BCUT2D eigenvalue weighted by Gasteiger charge is 2.58. The zero-order chi connectivity index (χ0) is 16.2. The van der Waals surface area contributed by atoms with Gasteiger partial charge in [0.25, 0.3) is 0 Å². The molecule has 3 aliphatic carbocycles. The molecule has 2 saturated carbocycles. The number of aliphatic carboxylic acids is 1. The molecule has 0 aromatic carbocycles. The highest BCUT2D eigenvalue weighted by molar-refractivity contribution is 5.75. The second-order valence-electron chi connectivity index (χ2n) is 8.78. The molecule has 0 aromatic rings. The monoisotopic (exact) mass is 302 g/mol. The van der Waals surface area contributed by atoms with Crippen molar-refractivity contribution in [3.8, 4) is 0 Å². The first-order valence-corrected chi connectivity index (χ1v) is 8.81. The van der Waals surface area contributed by atoms with Gasteiger partial charge in [-0.2, -0.15) is 0 Å². The topological polar surface area (TPSA) is 37.3 Å². The summed E-state index contributed by atoms with van der Waals surface area (Å²) in [6, 6.07) is 0. The lowest BCUT2D eigenvalue weighted by Crippen LogP contribution is -2.53. The van der Waals surface area contributed by atoms with E-state index in [2.05, 4.69) is 32.6 Å². The minimum absolute atomic E-state index is 0.165. The van der Waals surface area contributed by atoms with Gasteiger partial charge in [-0.15, -0.1) is 6.58 Å². The van der Waals surface area contributed by atoms with Crippen LogP contribution in [-0.2, 0) is 4.79 Å². The molecule has 0 amide bonds. The van der Waals surface area contributed by atoms with Crippen molar-refractivity contribution >= 4 is 5.97 Å². The first-order chi connectivity index (χ1) is 10.3. The van der Waals surface area contributed by atoms with Crippen LogP contribution >= 0.6 is 0 Å². The zero-order valence-electron chi connectivity index (χ0n) is 14.3. The van der Waals surface area contributed by atoms with Crippen molar-refractivity contribution in [3.05, 3.63) is 24.3 Å². The van der Waals surface area contributed by atoms with E-state index in [0.29, 0.717) is 5.92 Å². The molecule has 2 fully saturated rings. The number of carbonyl (C=O) groups is 1. The fourth-order valence-electron chi connectivity index (χ4n) is 5.86. The van der Waals surface area contributed by atoms with E-state index in [1.54, 1.807) is 5.57 Å². The van der Waals surface area contributed by atoms with Gasteiger partial charge in [0, 0.05) is 0 Å². The maximum absolute atomic E-state index is 11.9. The van der Waals surface area contributed by atoms with Crippen molar-refractivity contribution < 1.29 is 9.90 Å². The summed E-state index contributed by atoms with van der Waals surface area (Å²) in [6.45, 7) is 10.7. The molecule has 3 unspecified atom stereocenters. The molecule has 3 aliphatic rings. The number of carboxylic acid groups (broad SMARTS) is 1. The van der Waals surface area contributed by atoms with Gasteiger partial charge >= 0.3 is 5.97 Å². The Labute approximate surface area is 134 Å². The molecule has 0 aliphatic heterocycles. The summed E-state index contributed by atoms with van der Waals surface area (Å²) in [5.41, 5.74) is 1.43. The lowest BCUT2D eigenvalue weighted by molar-refractivity contribution is -0.163. The summed E-state index contributed by atoms with van der Waals surface area (Å²) in [5, 5.41) is 9.83. The molecule has 0 heterocycles. The summed E-state index contributed by atoms with van der Waals surface area (Å²) in [5.74, 6) is 0.276. The Bertz CT molecular complexity index is 534. The first kappa shape index (κ1) is 15.8. The molecule has 0 bridgehead atoms. The number of carboxylic acids is 1. The minimum Gasteiger partial charge on any atom is -0.481 e.